The quantitative estimate of drug-likeness (QED) is 0.0262. The molecule has 1 unspecified atom stereocenters. The maximum Gasteiger partial charge on any atom is 0.306 e. The highest BCUT2D eigenvalue weighted by Crippen LogP contribution is 2.15. The normalized spacial score (nSPS) is 12.6. The van der Waals surface area contributed by atoms with Crippen molar-refractivity contribution in [1.29, 1.82) is 0 Å². The summed E-state index contributed by atoms with van der Waals surface area (Å²) in [6, 6.07) is 0. The standard InChI is InChI=1S/C58H100O6/c1-4-7-10-13-16-19-22-24-26-28-30-31-33-36-39-42-45-48-51-57(60)63-54-55(53-62-56(59)50-47-44-41-38-35-21-18-15-12-9-6-3)64-58(61)52-49-46-43-40-37-34-32-29-27-25-23-20-17-14-11-8-5-2/h8,11,17,20,25,27,30-32,34,40,43,55H,4-7,9-10,12-16,18-19,21-24,26,28-29,33,35-39,41-42,44-54H2,1-3H3/b11-8-,20-17-,27-25-,31-30-,34-32-,43-40-. The molecule has 0 bridgehead atoms. The minimum absolute atomic E-state index is 0.0989. The molecule has 64 heavy (non-hydrogen) atoms. The molecule has 0 saturated heterocycles. The Morgan fingerprint density at radius 1 is 0.328 bits per heavy atom. The molecule has 0 aliphatic rings. The highest BCUT2D eigenvalue weighted by Gasteiger charge is 2.19. The first-order chi connectivity index (χ1) is 31.5. The average molecular weight is 893 g/mol. The van der Waals surface area contributed by atoms with Gasteiger partial charge in [0, 0.05) is 19.3 Å². The molecular weight excluding hydrogens is 793 g/mol. The molecule has 0 aromatic carbocycles. The fourth-order valence-electron chi connectivity index (χ4n) is 7.41. The van der Waals surface area contributed by atoms with Crippen LogP contribution in [-0.4, -0.2) is 37.2 Å². The first-order valence-corrected chi connectivity index (χ1v) is 26.9. The Morgan fingerprint density at radius 2 is 0.625 bits per heavy atom. The minimum Gasteiger partial charge on any atom is -0.462 e. The van der Waals surface area contributed by atoms with E-state index in [1.54, 1.807) is 0 Å². The summed E-state index contributed by atoms with van der Waals surface area (Å²) < 4.78 is 16.8. The van der Waals surface area contributed by atoms with Crippen LogP contribution in [0.1, 0.15) is 258 Å². The molecule has 0 heterocycles. The highest BCUT2D eigenvalue weighted by atomic mass is 16.6. The van der Waals surface area contributed by atoms with Crippen LogP contribution in [0, 0.1) is 0 Å². The molecule has 0 spiro atoms. The van der Waals surface area contributed by atoms with Crippen LogP contribution in [0.25, 0.3) is 0 Å². The van der Waals surface area contributed by atoms with Gasteiger partial charge in [-0.05, 0) is 83.5 Å². The third kappa shape index (κ3) is 49.9. The van der Waals surface area contributed by atoms with Gasteiger partial charge in [0.05, 0.1) is 0 Å². The smallest absolute Gasteiger partial charge is 0.306 e. The molecule has 0 aliphatic heterocycles. The molecule has 0 rings (SSSR count). The van der Waals surface area contributed by atoms with Crippen molar-refractivity contribution >= 4 is 17.9 Å². The highest BCUT2D eigenvalue weighted by molar-refractivity contribution is 5.71. The van der Waals surface area contributed by atoms with E-state index in [4.69, 9.17) is 14.2 Å². The van der Waals surface area contributed by atoms with Gasteiger partial charge in [-0.1, -0.05) is 229 Å². The van der Waals surface area contributed by atoms with Crippen molar-refractivity contribution in [2.24, 2.45) is 0 Å². The molecule has 6 nitrogen and oxygen atoms in total. The second-order valence-electron chi connectivity index (χ2n) is 17.8. The molecule has 0 aliphatic carbocycles. The summed E-state index contributed by atoms with van der Waals surface area (Å²) in [7, 11) is 0. The zero-order valence-electron chi connectivity index (χ0n) is 42.0. The number of rotatable bonds is 48. The second-order valence-corrected chi connectivity index (χ2v) is 17.8. The molecule has 1 atom stereocenters. The van der Waals surface area contributed by atoms with Crippen molar-refractivity contribution in [3.63, 3.8) is 0 Å². The number of allylic oxidation sites excluding steroid dienone is 12. The molecule has 368 valence electrons. The average Bonchev–Trinajstić information content (AvgIpc) is 3.29. The predicted octanol–water partition coefficient (Wildman–Crippen LogP) is 17.8. The van der Waals surface area contributed by atoms with Crippen LogP contribution >= 0.6 is 0 Å². The molecule has 0 radical (unpaired) electrons. The Hall–Kier alpha value is -3.15. The lowest BCUT2D eigenvalue weighted by atomic mass is 10.1. The Morgan fingerprint density at radius 3 is 1.02 bits per heavy atom. The monoisotopic (exact) mass is 893 g/mol. The van der Waals surface area contributed by atoms with E-state index in [0.717, 1.165) is 83.5 Å². The van der Waals surface area contributed by atoms with Crippen molar-refractivity contribution in [2.45, 2.75) is 264 Å². The number of esters is 3. The lowest BCUT2D eigenvalue weighted by Crippen LogP contribution is -2.30. The number of ether oxygens (including phenoxy) is 3. The second kappa shape index (κ2) is 52.5. The Balaban J connectivity index is 4.44. The van der Waals surface area contributed by atoms with Gasteiger partial charge in [-0.25, -0.2) is 0 Å². The fraction of sp³-hybridized carbons (Fsp3) is 0.741. The van der Waals surface area contributed by atoms with Gasteiger partial charge in [0.25, 0.3) is 0 Å². The summed E-state index contributed by atoms with van der Waals surface area (Å²) in [5.74, 6) is -0.963. The molecule has 0 fully saturated rings. The minimum atomic E-state index is -0.806. The number of carbonyl (C=O) groups is 3. The summed E-state index contributed by atoms with van der Waals surface area (Å²) in [4.78, 5) is 38.0. The van der Waals surface area contributed by atoms with Gasteiger partial charge in [-0.3, -0.25) is 14.4 Å². The SMILES string of the molecule is CC/C=C\C/C=C\C/C=C\C/C=C\C/C=C\CCCC(=O)OC(COC(=O)CCCCCCC/C=C\CCCCCCCCCCC)COC(=O)CCCCCCCCCCCCC. The van der Waals surface area contributed by atoms with Crippen LogP contribution in [0.2, 0.25) is 0 Å². The zero-order valence-corrected chi connectivity index (χ0v) is 42.0. The summed E-state index contributed by atoms with van der Waals surface area (Å²) in [5.41, 5.74) is 0. The van der Waals surface area contributed by atoms with Crippen molar-refractivity contribution < 1.29 is 28.6 Å². The van der Waals surface area contributed by atoms with E-state index >= 15 is 0 Å². The van der Waals surface area contributed by atoms with E-state index in [-0.39, 0.29) is 37.5 Å². The molecule has 0 amide bonds. The largest absolute Gasteiger partial charge is 0.462 e. The molecule has 0 aromatic rings. The van der Waals surface area contributed by atoms with Gasteiger partial charge in [-0.2, -0.15) is 0 Å². The number of hydrogen-bond donors (Lipinski definition) is 0. The van der Waals surface area contributed by atoms with E-state index in [0.29, 0.717) is 19.3 Å². The summed E-state index contributed by atoms with van der Waals surface area (Å²) in [5, 5.41) is 0. The van der Waals surface area contributed by atoms with Crippen LogP contribution < -0.4 is 0 Å². The molecule has 0 aromatic heterocycles. The third-order valence-electron chi connectivity index (χ3n) is 11.4. The van der Waals surface area contributed by atoms with E-state index in [1.807, 2.05) is 0 Å². The van der Waals surface area contributed by atoms with Crippen molar-refractivity contribution in [3.8, 4) is 0 Å². The van der Waals surface area contributed by atoms with E-state index in [2.05, 4.69) is 93.7 Å². The van der Waals surface area contributed by atoms with Crippen LogP contribution in [0.5, 0.6) is 0 Å². The van der Waals surface area contributed by atoms with Crippen molar-refractivity contribution in [2.75, 3.05) is 13.2 Å². The Labute approximate surface area is 395 Å². The molecule has 0 saturated carbocycles. The van der Waals surface area contributed by atoms with Gasteiger partial charge in [-0.15, -0.1) is 0 Å². The van der Waals surface area contributed by atoms with Crippen LogP contribution in [0.15, 0.2) is 72.9 Å². The molecule has 0 N–H and O–H groups in total. The van der Waals surface area contributed by atoms with Gasteiger partial charge in [0.15, 0.2) is 6.10 Å². The van der Waals surface area contributed by atoms with Gasteiger partial charge >= 0.3 is 17.9 Å². The lowest BCUT2D eigenvalue weighted by molar-refractivity contribution is -0.167. The Bertz CT molecular complexity index is 1210. The topological polar surface area (TPSA) is 78.9 Å². The predicted molar refractivity (Wildman–Crippen MR) is 274 cm³/mol. The maximum atomic E-state index is 12.8. The molecular formula is C58H100O6. The van der Waals surface area contributed by atoms with Crippen LogP contribution in [0.4, 0.5) is 0 Å². The number of carbonyl (C=O) groups excluding carboxylic acids is 3. The van der Waals surface area contributed by atoms with Gasteiger partial charge in [0.2, 0.25) is 0 Å². The maximum absolute atomic E-state index is 12.8. The van der Waals surface area contributed by atoms with E-state index < -0.39 is 6.10 Å². The van der Waals surface area contributed by atoms with Gasteiger partial charge in [0.1, 0.15) is 13.2 Å². The number of hydrogen-bond acceptors (Lipinski definition) is 6. The number of unbranched alkanes of at least 4 members (excludes halogenated alkanes) is 25. The Kier molecular flexibility index (Phi) is 49.9. The van der Waals surface area contributed by atoms with Gasteiger partial charge < -0.3 is 14.2 Å². The van der Waals surface area contributed by atoms with E-state index in [1.165, 1.54) is 128 Å². The van der Waals surface area contributed by atoms with E-state index in [9.17, 15) is 14.4 Å². The first-order valence-electron chi connectivity index (χ1n) is 26.9. The van der Waals surface area contributed by atoms with Crippen molar-refractivity contribution in [1.82, 2.24) is 0 Å². The summed E-state index contributed by atoms with van der Waals surface area (Å²) in [6.07, 6.45) is 66.1. The van der Waals surface area contributed by atoms with Crippen LogP contribution in [0.3, 0.4) is 0 Å². The zero-order chi connectivity index (χ0) is 46.5. The lowest BCUT2D eigenvalue weighted by Gasteiger charge is -2.18. The fourth-order valence-corrected chi connectivity index (χ4v) is 7.41. The molecule has 6 heteroatoms. The van der Waals surface area contributed by atoms with Crippen molar-refractivity contribution in [3.05, 3.63) is 72.9 Å². The first kappa shape index (κ1) is 60.9. The summed E-state index contributed by atoms with van der Waals surface area (Å²) in [6.45, 7) is 6.47. The summed E-state index contributed by atoms with van der Waals surface area (Å²) >= 11 is 0. The van der Waals surface area contributed by atoms with Crippen LogP contribution in [-0.2, 0) is 28.6 Å². The third-order valence-corrected chi connectivity index (χ3v) is 11.4.